The van der Waals surface area contributed by atoms with E-state index < -0.39 is 0 Å². The Kier molecular flexibility index (Phi) is 5.43. The minimum atomic E-state index is -0.316. The van der Waals surface area contributed by atoms with E-state index in [1.165, 1.54) is 12.1 Å². The lowest BCUT2D eigenvalue weighted by Crippen LogP contribution is -2.38. The molecule has 0 saturated heterocycles. The van der Waals surface area contributed by atoms with Crippen LogP contribution in [0.15, 0.2) is 36.5 Å². The van der Waals surface area contributed by atoms with E-state index in [0.717, 1.165) is 25.5 Å². The quantitative estimate of drug-likeness (QED) is 0.662. The van der Waals surface area contributed by atoms with Crippen LogP contribution in [0, 0.1) is 11.7 Å². The van der Waals surface area contributed by atoms with Gasteiger partial charge in [-0.15, -0.1) is 0 Å². The van der Waals surface area contributed by atoms with Gasteiger partial charge in [-0.2, -0.15) is 5.10 Å². The van der Waals surface area contributed by atoms with Crippen LogP contribution in [0.25, 0.3) is 0 Å². The molecule has 3 N–H and O–H groups in total. The third-order valence-corrected chi connectivity index (χ3v) is 4.03. The molecule has 0 radical (unpaired) electrons. The average molecular weight is 331 g/mol. The van der Waals surface area contributed by atoms with Gasteiger partial charge in [-0.05, 0) is 17.7 Å². The first kappa shape index (κ1) is 16.4. The molecule has 3 rings (SSSR count). The Morgan fingerprint density at radius 3 is 3.17 bits per heavy atom. The topological polar surface area (TPSA) is 71.0 Å². The Hall–Kier alpha value is -2.41. The zero-order valence-electron chi connectivity index (χ0n) is 13.5. The lowest BCUT2D eigenvalue weighted by molar-refractivity contribution is -0.120. The van der Waals surface area contributed by atoms with Crippen molar-refractivity contribution >= 4 is 11.7 Å². The molecular weight excluding hydrogens is 309 g/mol. The van der Waals surface area contributed by atoms with Gasteiger partial charge in [0.15, 0.2) is 0 Å². The van der Waals surface area contributed by atoms with E-state index in [1.807, 2.05) is 10.7 Å². The summed E-state index contributed by atoms with van der Waals surface area (Å²) >= 11 is 0. The molecule has 1 amide bonds. The smallest absolute Gasteiger partial charge is 0.224 e. The first-order chi connectivity index (χ1) is 11.7. The summed E-state index contributed by atoms with van der Waals surface area (Å²) in [7, 11) is 0. The minimum absolute atomic E-state index is 0.0945. The SMILES string of the molecule is O=C(Cc1cccc(F)c1)NCCNC[C@H]1CNc2ccnn2C1. The molecule has 2 heterocycles. The fourth-order valence-corrected chi connectivity index (χ4v) is 2.81. The van der Waals surface area contributed by atoms with Gasteiger partial charge in [0.25, 0.3) is 0 Å². The van der Waals surface area contributed by atoms with E-state index in [0.29, 0.717) is 24.6 Å². The number of fused-ring (bicyclic) bond motifs is 1. The Labute approximate surface area is 140 Å². The molecule has 0 fully saturated rings. The van der Waals surface area contributed by atoms with Crippen LogP contribution in [0.3, 0.4) is 0 Å². The molecule has 1 aromatic carbocycles. The molecule has 1 aromatic heterocycles. The molecule has 0 spiro atoms. The second kappa shape index (κ2) is 7.92. The number of hydrogen-bond acceptors (Lipinski definition) is 4. The summed E-state index contributed by atoms with van der Waals surface area (Å²) in [5, 5.41) is 13.8. The fourth-order valence-electron chi connectivity index (χ4n) is 2.81. The maximum Gasteiger partial charge on any atom is 0.224 e. The van der Waals surface area contributed by atoms with Crippen LogP contribution in [0.4, 0.5) is 10.2 Å². The number of amides is 1. The lowest BCUT2D eigenvalue weighted by Gasteiger charge is -2.25. The third kappa shape index (κ3) is 4.55. The second-order valence-electron chi connectivity index (χ2n) is 6.01. The second-order valence-corrected chi connectivity index (χ2v) is 6.01. The lowest BCUT2D eigenvalue weighted by atomic mass is 10.1. The molecule has 0 saturated carbocycles. The maximum absolute atomic E-state index is 13.1. The van der Waals surface area contributed by atoms with Crippen molar-refractivity contribution < 1.29 is 9.18 Å². The molecule has 0 aliphatic carbocycles. The Morgan fingerprint density at radius 2 is 2.29 bits per heavy atom. The van der Waals surface area contributed by atoms with Crippen molar-refractivity contribution in [2.75, 3.05) is 31.5 Å². The van der Waals surface area contributed by atoms with E-state index in [4.69, 9.17) is 0 Å². The number of nitrogens with one attached hydrogen (secondary N) is 3. The highest BCUT2D eigenvalue weighted by atomic mass is 19.1. The van der Waals surface area contributed by atoms with Crippen molar-refractivity contribution in [3.8, 4) is 0 Å². The molecule has 2 aromatic rings. The molecule has 128 valence electrons. The maximum atomic E-state index is 13.1. The van der Waals surface area contributed by atoms with Crippen molar-refractivity contribution in [3.05, 3.63) is 47.9 Å². The highest BCUT2D eigenvalue weighted by Gasteiger charge is 2.17. The number of hydrogen-bond donors (Lipinski definition) is 3. The predicted molar refractivity (Wildman–Crippen MR) is 90.2 cm³/mol. The minimum Gasteiger partial charge on any atom is -0.370 e. The number of halogens is 1. The number of carbonyl (C=O) groups excluding carboxylic acids is 1. The van der Waals surface area contributed by atoms with E-state index >= 15 is 0 Å². The number of benzene rings is 1. The molecule has 1 aliphatic rings. The molecule has 24 heavy (non-hydrogen) atoms. The highest BCUT2D eigenvalue weighted by Crippen LogP contribution is 2.15. The van der Waals surface area contributed by atoms with Crippen molar-refractivity contribution in [2.24, 2.45) is 5.92 Å². The van der Waals surface area contributed by atoms with Gasteiger partial charge < -0.3 is 16.0 Å². The Balaban J connectivity index is 1.29. The Bertz CT molecular complexity index is 687. The van der Waals surface area contributed by atoms with Gasteiger partial charge in [0.1, 0.15) is 11.6 Å². The molecular formula is C17H22FN5O. The van der Waals surface area contributed by atoms with Crippen LogP contribution in [-0.2, 0) is 17.8 Å². The molecule has 7 heteroatoms. The monoisotopic (exact) mass is 331 g/mol. The van der Waals surface area contributed by atoms with E-state index in [2.05, 4.69) is 21.0 Å². The summed E-state index contributed by atoms with van der Waals surface area (Å²) in [5.74, 6) is 1.13. The van der Waals surface area contributed by atoms with Crippen LogP contribution >= 0.6 is 0 Å². The van der Waals surface area contributed by atoms with E-state index in [-0.39, 0.29) is 18.1 Å². The Morgan fingerprint density at radius 1 is 1.38 bits per heavy atom. The summed E-state index contributed by atoms with van der Waals surface area (Å²) in [6, 6.07) is 8.09. The fraction of sp³-hybridized carbons (Fsp3) is 0.412. The van der Waals surface area contributed by atoms with Crippen LogP contribution in [0.5, 0.6) is 0 Å². The molecule has 1 aliphatic heterocycles. The summed E-state index contributed by atoms with van der Waals surface area (Å²) in [4.78, 5) is 11.8. The number of rotatable bonds is 7. The zero-order chi connectivity index (χ0) is 16.8. The van der Waals surface area contributed by atoms with E-state index in [1.54, 1.807) is 18.3 Å². The summed E-state index contributed by atoms with van der Waals surface area (Å²) in [5.41, 5.74) is 0.684. The first-order valence-corrected chi connectivity index (χ1v) is 8.18. The van der Waals surface area contributed by atoms with Gasteiger partial charge in [0.05, 0.1) is 12.6 Å². The zero-order valence-corrected chi connectivity index (χ0v) is 13.5. The van der Waals surface area contributed by atoms with Crippen LogP contribution < -0.4 is 16.0 Å². The normalized spacial score (nSPS) is 16.3. The number of nitrogens with zero attached hydrogens (tertiary/aromatic N) is 2. The van der Waals surface area contributed by atoms with Crippen molar-refractivity contribution in [1.82, 2.24) is 20.4 Å². The van der Waals surface area contributed by atoms with Gasteiger partial charge in [0.2, 0.25) is 5.91 Å². The molecule has 0 bridgehead atoms. The van der Waals surface area contributed by atoms with Crippen LogP contribution in [0.1, 0.15) is 5.56 Å². The average Bonchev–Trinajstić information content (AvgIpc) is 3.02. The third-order valence-electron chi connectivity index (χ3n) is 4.03. The van der Waals surface area contributed by atoms with E-state index in [9.17, 15) is 9.18 Å². The van der Waals surface area contributed by atoms with Gasteiger partial charge in [-0.25, -0.2) is 9.07 Å². The predicted octanol–water partition coefficient (Wildman–Crippen LogP) is 1.01. The summed E-state index contributed by atoms with van der Waals surface area (Å²) < 4.78 is 15.0. The van der Waals surface area contributed by atoms with Crippen molar-refractivity contribution in [3.63, 3.8) is 0 Å². The largest absolute Gasteiger partial charge is 0.370 e. The molecule has 1 atom stereocenters. The van der Waals surface area contributed by atoms with Crippen molar-refractivity contribution in [1.29, 1.82) is 0 Å². The number of anilines is 1. The molecule has 0 unspecified atom stereocenters. The van der Waals surface area contributed by atoms with Crippen molar-refractivity contribution in [2.45, 2.75) is 13.0 Å². The number of aromatic nitrogens is 2. The van der Waals surface area contributed by atoms with Gasteiger partial charge in [-0.1, -0.05) is 12.1 Å². The first-order valence-electron chi connectivity index (χ1n) is 8.18. The summed E-state index contributed by atoms with van der Waals surface area (Å²) in [6.45, 7) is 3.95. The molecule has 6 nitrogen and oxygen atoms in total. The van der Waals surface area contributed by atoms with Crippen LogP contribution in [-0.4, -0.2) is 41.9 Å². The summed E-state index contributed by atoms with van der Waals surface area (Å²) in [6.07, 6.45) is 2.00. The highest BCUT2D eigenvalue weighted by molar-refractivity contribution is 5.78. The van der Waals surface area contributed by atoms with Crippen LogP contribution in [0.2, 0.25) is 0 Å². The number of carbonyl (C=O) groups is 1. The van der Waals surface area contributed by atoms with Gasteiger partial charge in [0, 0.05) is 44.7 Å². The van der Waals surface area contributed by atoms with Gasteiger partial charge >= 0.3 is 0 Å². The van der Waals surface area contributed by atoms with Gasteiger partial charge in [-0.3, -0.25) is 4.79 Å². The standard InChI is InChI=1S/C17H22FN5O/c18-15-3-1-2-13(8-15)9-17(24)20-7-6-19-10-14-11-21-16-4-5-22-23(16)12-14/h1-5,8,14,19,21H,6-7,9-12H2,(H,20,24)/t14-/m0/s1.